The van der Waals surface area contributed by atoms with Crippen molar-refractivity contribution in [3.05, 3.63) is 91.5 Å². The first-order valence-corrected chi connectivity index (χ1v) is 11.4. The van der Waals surface area contributed by atoms with Crippen LogP contribution in [0.5, 0.6) is 5.75 Å². The molecular formula is C26H24N4O2S. The molecule has 7 heteroatoms. The number of nitrogens with one attached hydrogen (secondary N) is 1. The van der Waals surface area contributed by atoms with E-state index in [0.717, 1.165) is 34.0 Å². The summed E-state index contributed by atoms with van der Waals surface area (Å²) in [5.41, 5.74) is 3.92. The maximum atomic E-state index is 12.5. The van der Waals surface area contributed by atoms with Gasteiger partial charge in [0, 0.05) is 17.8 Å². The average Bonchev–Trinajstić information content (AvgIpc) is 3.26. The smallest absolute Gasteiger partial charge is 0.234 e. The van der Waals surface area contributed by atoms with Gasteiger partial charge in [-0.15, -0.1) is 16.8 Å². The van der Waals surface area contributed by atoms with Gasteiger partial charge in [-0.25, -0.2) is 0 Å². The molecule has 3 aromatic carbocycles. The summed E-state index contributed by atoms with van der Waals surface area (Å²) in [4.78, 5) is 12.5. The molecule has 33 heavy (non-hydrogen) atoms. The topological polar surface area (TPSA) is 69.0 Å². The standard InChI is InChI=1S/C26H24N4O2S/c1-3-17-30-25(21-11-15-23(32-2)16-12-21)28-29-26(30)33-18-24(31)27-22-13-9-20(10-14-22)19-7-5-4-6-8-19/h3-16H,1,17-18H2,2H3,(H,27,31). The van der Waals surface area contributed by atoms with Crippen LogP contribution >= 0.6 is 11.8 Å². The van der Waals surface area contributed by atoms with Gasteiger partial charge in [-0.2, -0.15) is 0 Å². The minimum absolute atomic E-state index is 0.105. The fourth-order valence-corrected chi connectivity index (χ4v) is 4.09. The van der Waals surface area contributed by atoms with E-state index < -0.39 is 0 Å². The summed E-state index contributed by atoms with van der Waals surface area (Å²) < 4.78 is 7.17. The predicted molar refractivity (Wildman–Crippen MR) is 133 cm³/mol. The van der Waals surface area contributed by atoms with Gasteiger partial charge >= 0.3 is 0 Å². The summed E-state index contributed by atoms with van der Waals surface area (Å²) in [7, 11) is 1.63. The summed E-state index contributed by atoms with van der Waals surface area (Å²) in [5.74, 6) is 1.61. The van der Waals surface area contributed by atoms with E-state index in [9.17, 15) is 4.79 Å². The summed E-state index contributed by atoms with van der Waals surface area (Å²) in [6.07, 6.45) is 1.79. The van der Waals surface area contributed by atoms with E-state index in [2.05, 4.69) is 34.2 Å². The van der Waals surface area contributed by atoms with E-state index in [1.54, 1.807) is 13.2 Å². The summed E-state index contributed by atoms with van der Waals surface area (Å²) in [6.45, 7) is 4.37. The van der Waals surface area contributed by atoms with Crippen LogP contribution in [-0.2, 0) is 11.3 Å². The monoisotopic (exact) mass is 456 g/mol. The molecule has 0 spiro atoms. The Hall–Kier alpha value is -3.84. The SMILES string of the molecule is C=CCn1c(SCC(=O)Nc2ccc(-c3ccccc3)cc2)nnc1-c1ccc(OC)cc1. The van der Waals surface area contributed by atoms with Crippen molar-refractivity contribution in [1.29, 1.82) is 0 Å². The van der Waals surface area contributed by atoms with Crippen molar-refractivity contribution in [1.82, 2.24) is 14.8 Å². The largest absolute Gasteiger partial charge is 0.497 e. The van der Waals surface area contributed by atoms with Crippen LogP contribution in [0.3, 0.4) is 0 Å². The first kappa shape index (κ1) is 22.4. The van der Waals surface area contributed by atoms with Crippen LogP contribution < -0.4 is 10.1 Å². The number of allylic oxidation sites excluding steroid dienone is 1. The minimum atomic E-state index is -0.105. The highest BCUT2D eigenvalue weighted by Crippen LogP contribution is 2.26. The fraction of sp³-hybridized carbons (Fsp3) is 0.115. The number of carbonyl (C=O) groups is 1. The van der Waals surface area contributed by atoms with Crippen LogP contribution in [0.4, 0.5) is 5.69 Å². The van der Waals surface area contributed by atoms with E-state index in [4.69, 9.17) is 4.74 Å². The van der Waals surface area contributed by atoms with E-state index >= 15 is 0 Å². The third kappa shape index (κ3) is 5.51. The molecule has 0 unspecified atom stereocenters. The van der Waals surface area contributed by atoms with Gasteiger partial charge in [-0.3, -0.25) is 9.36 Å². The first-order valence-electron chi connectivity index (χ1n) is 10.4. The van der Waals surface area contributed by atoms with Crippen molar-refractivity contribution in [2.45, 2.75) is 11.7 Å². The number of carbonyl (C=O) groups excluding carboxylic acids is 1. The molecule has 1 aromatic heterocycles. The second kappa shape index (κ2) is 10.7. The number of ether oxygens (including phenoxy) is 1. The molecule has 0 saturated carbocycles. The number of nitrogens with zero attached hydrogens (tertiary/aromatic N) is 3. The number of hydrogen-bond acceptors (Lipinski definition) is 5. The Morgan fingerprint density at radius 2 is 1.64 bits per heavy atom. The van der Waals surface area contributed by atoms with Crippen LogP contribution in [0.2, 0.25) is 0 Å². The second-order valence-electron chi connectivity index (χ2n) is 7.21. The molecule has 1 N–H and O–H groups in total. The van der Waals surface area contributed by atoms with Gasteiger partial charge in [-0.1, -0.05) is 60.3 Å². The number of rotatable bonds is 9. The minimum Gasteiger partial charge on any atom is -0.497 e. The lowest BCUT2D eigenvalue weighted by Crippen LogP contribution is -2.14. The second-order valence-corrected chi connectivity index (χ2v) is 8.16. The maximum absolute atomic E-state index is 12.5. The van der Waals surface area contributed by atoms with Gasteiger partial charge in [-0.05, 0) is 47.5 Å². The molecule has 166 valence electrons. The van der Waals surface area contributed by atoms with Crippen molar-refractivity contribution < 1.29 is 9.53 Å². The highest BCUT2D eigenvalue weighted by Gasteiger charge is 2.15. The van der Waals surface area contributed by atoms with Gasteiger partial charge in [0.2, 0.25) is 5.91 Å². The first-order chi connectivity index (χ1) is 16.2. The number of thioether (sulfide) groups is 1. The van der Waals surface area contributed by atoms with Crippen LogP contribution in [0.25, 0.3) is 22.5 Å². The van der Waals surface area contributed by atoms with Crippen molar-refractivity contribution in [3.63, 3.8) is 0 Å². The number of anilines is 1. The molecule has 0 saturated heterocycles. The van der Waals surface area contributed by atoms with E-state index in [1.165, 1.54) is 11.8 Å². The number of amides is 1. The molecule has 4 rings (SSSR count). The lowest BCUT2D eigenvalue weighted by atomic mass is 10.1. The quantitative estimate of drug-likeness (QED) is 0.265. The average molecular weight is 457 g/mol. The van der Waals surface area contributed by atoms with E-state index in [0.29, 0.717) is 11.7 Å². The van der Waals surface area contributed by atoms with Gasteiger partial charge in [0.25, 0.3) is 0 Å². The number of methoxy groups -OCH3 is 1. The lowest BCUT2D eigenvalue weighted by Gasteiger charge is -2.09. The number of aromatic nitrogens is 3. The van der Waals surface area contributed by atoms with Crippen LogP contribution in [0.15, 0.2) is 96.7 Å². The molecule has 0 atom stereocenters. The summed E-state index contributed by atoms with van der Waals surface area (Å²) in [6, 6.07) is 25.6. The van der Waals surface area contributed by atoms with E-state index in [-0.39, 0.29) is 11.7 Å². The third-order valence-corrected chi connectivity index (χ3v) is 5.95. The van der Waals surface area contributed by atoms with E-state index in [1.807, 2.05) is 71.3 Å². The van der Waals surface area contributed by atoms with Crippen LogP contribution in [0, 0.1) is 0 Å². The predicted octanol–water partition coefficient (Wildman–Crippen LogP) is 5.54. The molecule has 0 aliphatic heterocycles. The molecule has 4 aromatic rings. The molecule has 0 aliphatic carbocycles. The molecule has 0 aliphatic rings. The number of benzene rings is 3. The van der Waals surface area contributed by atoms with Gasteiger partial charge in [0.05, 0.1) is 12.9 Å². The van der Waals surface area contributed by atoms with Crippen molar-refractivity contribution >= 4 is 23.4 Å². The highest BCUT2D eigenvalue weighted by atomic mass is 32.2. The molecule has 1 heterocycles. The molecule has 1 amide bonds. The molecule has 0 fully saturated rings. The van der Waals surface area contributed by atoms with Crippen LogP contribution in [-0.4, -0.2) is 33.5 Å². The van der Waals surface area contributed by atoms with Gasteiger partial charge in [0.15, 0.2) is 11.0 Å². The number of hydrogen-bond donors (Lipinski definition) is 1. The zero-order valence-corrected chi connectivity index (χ0v) is 19.1. The normalized spacial score (nSPS) is 10.6. The Morgan fingerprint density at radius 1 is 0.970 bits per heavy atom. The van der Waals surface area contributed by atoms with Gasteiger partial charge in [0.1, 0.15) is 5.75 Å². The van der Waals surface area contributed by atoms with Crippen molar-refractivity contribution in [3.8, 4) is 28.3 Å². The zero-order chi connectivity index (χ0) is 23.0. The Bertz CT molecular complexity index is 1220. The molecule has 6 nitrogen and oxygen atoms in total. The van der Waals surface area contributed by atoms with Gasteiger partial charge < -0.3 is 10.1 Å². The Kier molecular flexibility index (Phi) is 7.22. The zero-order valence-electron chi connectivity index (χ0n) is 18.3. The lowest BCUT2D eigenvalue weighted by molar-refractivity contribution is -0.113. The fourth-order valence-electron chi connectivity index (χ4n) is 3.35. The Balaban J connectivity index is 1.40. The highest BCUT2D eigenvalue weighted by molar-refractivity contribution is 7.99. The Morgan fingerprint density at radius 3 is 2.30 bits per heavy atom. The molecule has 0 radical (unpaired) electrons. The third-order valence-electron chi connectivity index (χ3n) is 4.98. The van der Waals surface area contributed by atoms with Crippen LogP contribution in [0.1, 0.15) is 0 Å². The summed E-state index contributed by atoms with van der Waals surface area (Å²) in [5, 5.41) is 12.2. The Labute approximate surface area is 197 Å². The molecular weight excluding hydrogens is 432 g/mol. The molecule has 0 bridgehead atoms. The van der Waals surface area contributed by atoms with Crippen molar-refractivity contribution in [2.75, 3.05) is 18.2 Å². The summed E-state index contributed by atoms with van der Waals surface area (Å²) >= 11 is 1.34. The van der Waals surface area contributed by atoms with Crippen molar-refractivity contribution in [2.24, 2.45) is 0 Å². The maximum Gasteiger partial charge on any atom is 0.234 e.